The second-order valence-corrected chi connectivity index (χ2v) is 8.15. The molecule has 0 atom stereocenters. The third-order valence-electron chi connectivity index (χ3n) is 5.46. The Morgan fingerprint density at radius 3 is 2.61 bits per heavy atom. The molecule has 1 saturated heterocycles. The molecule has 1 fully saturated rings. The Labute approximate surface area is 186 Å². The number of benzene rings is 2. The summed E-state index contributed by atoms with van der Waals surface area (Å²) in [4.78, 5) is 29.0. The molecule has 7 nitrogen and oxygen atoms in total. The summed E-state index contributed by atoms with van der Waals surface area (Å²) in [5, 5.41) is 3.42. The highest BCUT2D eigenvalue weighted by Gasteiger charge is 2.26. The number of rotatable bonds is 7. The molecule has 0 radical (unpaired) electrons. The molecule has 0 aliphatic carbocycles. The van der Waals surface area contributed by atoms with Crippen molar-refractivity contribution in [3.8, 4) is 11.5 Å². The first-order chi connectivity index (χ1) is 15.1. The van der Waals surface area contributed by atoms with Gasteiger partial charge < -0.3 is 24.6 Å². The average molecular weight is 444 g/mol. The Hall–Kier alpha value is -2.77. The maximum Gasteiger partial charge on any atom is 0.265 e. The Morgan fingerprint density at radius 1 is 1.06 bits per heavy atom. The Bertz CT molecular complexity index is 929. The lowest BCUT2D eigenvalue weighted by Crippen LogP contribution is -2.44. The van der Waals surface area contributed by atoms with Crippen molar-refractivity contribution in [3.05, 3.63) is 47.5 Å². The van der Waals surface area contributed by atoms with Crippen molar-refractivity contribution in [1.29, 1.82) is 0 Å². The van der Waals surface area contributed by atoms with Crippen LogP contribution in [0.5, 0.6) is 11.5 Å². The summed E-state index contributed by atoms with van der Waals surface area (Å²) in [6.07, 6.45) is 3.70. The SMILES string of the molecule is O=C(COc1ccc(Cl)cc1)Nc1ccc2c(c1)N(CCN1CCCCC1)C(=O)CO2. The third kappa shape index (κ3) is 5.68. The van der Waals surface area contributed by atoms with E-state index in [1.165, 1.54) is 19.3 Å². The van der Waals surface area contributed by atoms with Gasteiger partial charge in [0.15, 0.2) is 13.2 Å². The molecule has 0 bridgehead atoms. The summed E-state index contributed by atoms with van der Waals surface area (Å²) in [6, 6.07) is 12.1. The van der Waals surface area contributed by atoms with E-state index in [9.17, 15) is 9.59 Å². The number of likely N-dealkylation sites (tertiary alicyclic amines) is 1. The zero-order valence-corrected chi connectivity index (χ0v) is 18.1. The number of hydrogen-bond acceptors (Lipinski definition) is 5. The normalized spacial score (nSPS) is 16.4. The fourth-order valence-electron chi connectivity index (χ4n) is 3.83. The lowest BCUT2D eigenvalue weighted by Gasteiger charge is -2.33. The number of ether oxygens (including phenoxy) is 2. The van der Waals surface area contributed by atoms with Gasteiger partial charge in [0.1, 0.15) is 11.5 Å². The van der Waals surface area contributed by atoms with E-state index in [1.807, 2.05) is 0 Å². The van der Waals surface area contributed by atoms with Gasteiger partial charge in [0.25, 0.3) is 11.8 Å². The topological polar surface area (TPSA) is 71.1 Å². The first-order valence-electron chi connectivity index (χ1n) is 10.6. The summed E-state index contributed by atoms with van der Waals surface area (Å²) in [7, 11) is 0. The number of fused-ring (bicyclic) bond motifs is 1. The molecule has 2 aliphatic heterocycles. The second kappa shape index (κ2) is 10.0. The van der Waals surface area contributed by atoms with Gasteiger partial charge in [0.05, 0.1) is 5.69 Å². The van der Waals surface area contributed by atoms with Gasteiger partial charge in [-0.25, -0.2) is 0 Å². The third-order valence-corrected chi connectivity index (χ3v) is 5.71. The minimum Gasteiger partial charge on any atom is -0.484 e. The predicted molar refractivity (Wildman–Crippen MR) is 120 cm³/mol. The van der Waals surface area contributed by atoms with Crippen molar-refractivity contribution in [2.45, 2.75) is 19.3 Å². The van der Waals surface area contributed by atoms with Crippen LogP contribution >= 0.6 is 11.6 Å². The zero-order chi connectivity index (χ0) is 21.6. The molecule has 0 aromatic heterocycles. The number of amides is 2. The molecule has 4 rings (SSSR count). The highest BCUT2D eigenvalue weighted by Crippen LogP contribution is 2.34. The van der Waals surface area contributed by atoms with Gasteiger partial charge in [-0.3, -0.25) is 9.59 Å². The van der Waals surface area contributed by atoms with E-state index in [0.717, 1.165) is 19.6 Å². The first-order valence-corrected chi connectivity index (χ1v) is 10.9. The lowest BCUT2D eigenvalue weighted by atomic mass is 10.1. The zero-order valence-electron chi connectivity index (χ0n) is 17.3. The average Bonchev–Trinajstić information content (AvgIpc) is 2.79. The number of nitrogens with one attached hydrogen (secondary N) is 1. The molecular weight excluding hydrogens is 418 g/mol. The Kier molecular flexibility index (Phi) is 6.94. The molecule has 164 valence electrons. The van der Waals surface area contributed by atoms with Crippen LogP contribution in [-0.4, -0.2) is 56.1 Å². The van der Waals surface area contributed by atoms with Crippen LogP contribution in [0, 0.1) is 0 Å². The van der Waals surface area contributed by atoms with Gasteiger partial charge in [0.2, 0.25) is 0 Å². The predicted octanol–water partition coefficient (Wildman–Crippen LogP) is 3.57. The van der Waals surface area contributed by atoms with Crippen LogP contribution in [0.3, 0.4) is 0 Å². The van der Waals surface area contributed by atoms with E-state index in [0.29, 0.717) is 34.4 Å². The summed E-state index contributed by atoms with van der Waals surface area (Å²) < 4.78 is 11.1. The van der Waals surface area contributed by atoms with Crippen molar-refractivity contribution in [1.82, 2.24) is 4.90 Å². The molecule has 2 aromatic rings. The Balaban J connectivity index is 1.38. The van der Waals surface area contributed by atoms with Gasteiger partial charge in [-0.05, 0) is 68.4 Å². The standard InChI is InChI=1S/C23H26ClN3O4/c24-17-4-7-19(8-5-17)30-15-22(28)25-18-6-9-21-20(14-18)27(23(29)16-31-21)13-12-26-10-2-1-3-11-26/h4-9,14H,1-3,10-13,15-16H2,(H,25,28). The summed E-state index contributed by atoms with van der Waals surface area (Å²) in [5.41, 5.74) is 1.27. The maximum atomic E-state index is 12.5. The van der Waals surface area contributed by atoms with E-state index in [1.54, 1.807) is 47.4 Å². The minimum atomic E-state index is -0.294. The maximum absolute atomic E-state index is 12.5. The highest BCUT2D eigenvalue weighted by molar-refractivity contribution is 6.30. The van der Waals surface area contributed by atoms with Gasteiger partial charge in [-0.1, -0.05) is 18.0 Å². The van der Waals surface area contributed by atoms with Crippen molar-refractivity contribution in [3.63, 3.8) is 0 Å². The highest BCUT2D eigenvalue weighted by atomic mass is 35.5. The van der Waals surface area contributed by atoms with Gasteiger partial charge in [0, 0.05) is 23.8 Å². The van der Waals surface area contributed by atoms with Crippen LogP contribution in [0.2, 0.25) is 5.02 Å². The molecular formula is C23H26ClN3O4. The lowest BCUT2D eigenvalue weighted by molar-refractivity contribution is -0.121. The molecule has 2 amide bonds. The first kappa shape index (κ1) is 21.5. The number of nitrogens with zero attached hydrogens (tertiary/aromatic N) is 2. The number of carbonyl (C=O) groups excluding carboxylic acids is 2. The van der Waals surface area contributed by atoms with Crippen LogP contribution in [0.15, 0.2) is 42.5 Å². The molecule has 2 heterocycles. The van der Waals surface area contributed by atoms with Gasteiger partial charge in [-0.2, -0.15) is 0 Å². The fourth-order valence-corrected chi connectivity index (χ4v) is 3.95. The van der Waals surface area contributed by atoms with Crippen molar-refractivity contribution in [2.24, 2.45) is 0 Å². The molecule has 2 aliphatic rings. The Morgan fingerprint density at radius 2 is 1.84 bits per heavy atom. The molecule has 8 heteroatoms. The van der Waals surface area contributed by atoms with E-state index < -0.39 is 0 Å². The van der Waals surface area contributed by atoms with Crippen molar-refractivity contribution >= 4 is 34.8 Å². The smallest absolute Gasteiger partial charge is 0.265 e. The van der Waals surface area contributed by atoms with E-state index in [4.69, 9.17) is 21.1 Å². The summed E-state index contributed by atoms with van der Waals surface area (Å²) in [5.74, 6) is 0.846. The number of piperidine rings is 1. The van der Waals surface area contributed by atoms with E-state index in [-0.39, 0.29) is 25.0 Å². The quantitative estimate of drug-likeness (QED) is 0.708. The van der Waals surface area contributed by atoms with Gasteiger partial charge in [-0.15, -0.1) is 0 Å². The van der Waals surface area contributed by atoms with Crippen LogP contribution in [0.4, 0.5) is 11.4 Å². The van der Waals surface area contributed by atoms with Crippen LogP contribution in [0.1, 0.15) is 19.3 Å². The van der Waals surface area contributed by atoms with E-state index >= 15 is 0 Å². The molecule has 31 heavy (non-hydrogen) atoms. The number of halogens is 1. The van der Waals surface area contributed by atoms with Crippen LogP contribution < -0.4 is 19.7 Å². The molecule has 0 unspecified atom stereocenters. The molecule has 0 saturated carbocycles. The summed E-state index contributed by atoms with van der Waals surface area (Å²) in [6.45, 7) is 3.49. The minimum absolute atomic E-state index is 0.0354. The molecule has 0 spiro atoms. The van der Waals surface area contributed by atoms with Crippen LogP contribution in [0.25, 0.3) is 0 Å². The second-order valence-electron chi connectivity index (χ2n) is 7.71. The number of hydrogen-bond donors (Lipinski definition) is 1. The molecule has 2 aromatic carbocycles. The monoisotopic (exact) mass is 443 g/mol. The van der Waals surface area contributed by atoms with Gasteiger partial charge >= 0.3 is 0 Å². The van der Waals surface area contributed by atoms with Crippen molar-refractivity contribution < 1.29 is 19.1 Å². The number of anilines is 2. The largest absolute Gasteiger partial charge is 0.484 e. The fraction of sp³-hybridized carbons (Fsp3) is 0.391. The van der Waals surface area contributed by atoms with Crippen LogP contribution in [-0.2, 0) is 9.59 Å². The number of carbonyl (C=O) groups is 2. The summed E-state index contributed by atoms with van der Waals surface area (Å²) >= 11 is 5.85. The molecule has 1 N–H and O–H groups in total. The van der Waals surface area contributed by atoms with E-state index in [2.05, 4.69) is 10.2 Å². The van der Waals surface area contributed by atoms with Crippen molar-refractivity contribution in [2.75, 3.05) is 49.6 Å².